The van der Waals surface area contributed by atoms with Crippen LogP contribution < -0.4 is 10.1 Å². The lowest BCUT2D eigenvalue weighted by molar-refractivity contribution is 0.102. The van der Waals surface area contributed by atoms with Crippen LogP contribution in [0.15, 0.2) is 54.7 Å². The Hall–Kier alpha value is -2.46. The van der Waals surface area contributed by atoms with Crippen LogP contribution in [0.4, 0.5) is 5.69 Å². The van der Waals surface area contributed by atoms with Gasteiger partial charge in [-0.25, -0.2) is 0 Å². The Kier molecular flexibility index (Phi) is 4.83. The largest absolute Gasteiger partial charge is 0.491 e. The first-order valence-electron chi connectivity index (χ1n) is 7.45. The molecule has 0 aliphatic carbocycles. The monoisotopic (exact) mass is 328 g/mol. The van der Waals surface area contributed by atoms with Crippen LogP contribution in [0.2, 0.25) is 0 Å². The number of hydrogen-bond donors (Lipinski definition) is 2. The highest BCUT2D eigenvalue weighted by molar-refractivity contribution is 6.17. The van der Waals surface area contributed by atoms with Crippen molar-refractivity contribution in [3.05, 3.63) is 60.3 Å². The second kappa shape index (κ2) is 7.20. The number of halogens is 1. The van der Waals surface area contributed by atoms with Gasteiger partial charge in [-0.15, -0.1) is 11.6 Å². The van der Waals surface area contributed by atoms with E-state index >= 15 is 0 Å². The van der Waals surface area contributed by atoms with E-state index in [0.717, 1.165) is 17.3 Å². The minimum atomic E-state index is -0.163. The van der Waals surface area contributed by atoms with Gasteiger partial charge in [0.05, 0.1) is 12.3 Å². The molecule has 0 aliphatic heterocycles. The average Bonchev–Trinajstić information content (AvgIpc) is 3.05. The first-order chi connectivity index (χ1) is 11.3. The van der Waals surface area contributed by atoms with Crippen molar-refractivity contribution < 1.29 is 9.53 Å². The van der Waals surface area contributed by atoms with Crippen molar-refractivity contribution in [1.29, 1.82) is 0 Å². The molecule has 0 saturated carbocycles. The standard InChI is InChI=1S/C18H17ClN2O2/c19-10-4-12-23-17-8-2-1-6-16(17)21-18(22)14-5-3-7-15-13(14)9-11-20-15/h1-3,5-9,11,20H,4,10,12H2,(H,21,22). The number of ether oxygens (including phenoxy) is 1. The molecular weight excluding hydrogens is 312 g/mol. The third-order valence-electron chi connectivity index (χ3n) is 3.51. The van der Waals surface area contributed by atoms with Crippen molar-refractivity contribution >= 4 is 34.1 Å². The fraction of sp³-hybridized carbons (Fsp3) is 0.167. The lowest BCUT2D eigenvalue weighted by atomic mass is 10.1. The van der Waals surface area contributed by atoms with E-state index in [4.69, 9.17) is 16.3 Å². The molecule has 0 bridgehead atoms. The molecule has 4 nitrogen and oxygen atoms in total. The molecule has 0 unspecified atom stereocenters. The summed E-state index contributed by atoms with van der Waals surface area (Å²) in [5.74, 6) is 1.03. The van der Waals surface area contributed by atoms with Crippen LogP contribution in [-0.4, -0.2) is 23.4 Å². The Labute approximate surface area is 139 Å². The molecule has 23 heavy (non-hydrogen) atoms. The lowest BCUT2D eigenvalue weighted by Crippen LogP contribution is -2.13. The topological polar surface area (TPSA) is 54.1 Å². The Bertz CT molecular complexity index is 813. The van der Waals surface area contributed by atoms with Gasteiger partial charge in [-0.1, -0.05) is 18.2 Å². The van der Waals surface area contributed by atoms with Gasteiger partial charge in [0.1, 0.15) is 5.75 Å². The molecule has 5 heteroatoms. The number of alkyl halides is 1. The molecule has 3 aromatic rings. The van der Waals surface area contributed by atoms with Gasteiger partial charge in [0.25, 0.3) is 5.91 Å². The quantitative estimate of drug-likeness (QED) is 0.519. The van der Waals surface area contributed by atoms with Gasteiger partial charge in [0.15, 0.2) is 0 Å². The van der Waals surface area contributed by atoms with Gasteiger partial charge in [0.2, 0.25) is 0 Å². The highest BCUT2D eigenvalue weighted by atomic mass is 35.5. The Balaban J connectivity index is 1.81. The minimum Gasteiger partial charge on any atom is -0.491 e. The molecular formula is C18H17ClN2O2. The van der Waals surface area contributed by atoms with E-state index < -0.39 is 0 Å². The van der Waals surface area contributed by atoms with E-state index in [1.54, 1.807) is 0 Å². The molecule has 1 aromatic heterocycles. The molecule has 118 valence electrons. The van der Waals surface area contributed by atoms with Gasteiger partial charge in [-0.05, 0) is 36.8 Å². The Morgan fingerprint density at radius 3 is 2.87 bits per heavy atom. The summed E-state index contributed by atoms with van der Waals surface area (Å²) in [6.07, 6.45) is 2.58. The lowest BCUT2D eigenvalue weighted by Gasteiger charge is -2.12. The summed E-state index contributed by atoms with van der Waals surface area (Å²) in [6.45, 7) is 0.518. The van der Waals surface area contributed by atoms with Crippen LogP contribution in [0.25, 0.3) is 10.9 Å². The summed E-state index contributed by atoms with van der Waals surface area (Å²) in [5.41, 5.74) is 2.21. The number of H-pyrrole nitrogens is 1. The van der Waals surface area contributed by atoms with Crippen LogP contribution in [-0.2, 0) is 0 Å². The highest BCUT2D eigenvalue weighted by Gasteiger charge is 2.13. The van der Waals surface area contributed by atoms with Crippen LogP contribution >= 0.6 is 11.6 Å². The number of rotatable bonds is 6. The second-order valence-corrected chi connectivity index (χ2v) is 5.46. The molecule has 3 rings (SSSR count). The first kappa shape index (κ1) is 15.4. The smallest absolute Gasteiger partial charge is 0.256 e. The number of anilines is 1. The SMILES string of the molecule is O=C(Nc1ccccc1OCCCCl)c1cccc2[nH]ccc12. The van der Waals surface area contributed by atoms with Crippen molar-refractivity contribution in [3.63, 3.8) is 0 Å². The van der Waals surface area contributed by atoms with Crippen molar-refractivity contribution in [2.45, 2.75) is 6.42 Å². The van der Waals surface area contributed by atoms with Gasteiger partial charge in [-0.2, -0.15) is 0 Å². The minimum absolute atomic E-state index is 0.163. The van der Waals surface area contributed by atoms with E-state index in [1.165, 1.54) is 0 Å². The van der Waals surface area contributed by atoms with Crippen LogP contribution in [0.1, 0.15) is 16.8 Å². The zero-order chi connectivity index (χ0) is 16.1. The predicted molar refractivity (Wildman–Crippen MR) is 93.5 cm³/mol. The molecule has 0 atom stereocenters. The normalized spacial score (nSPS) is 10.7. The molecule has 2 N–H and O–H groups in total. The molecule has 1 heterocycles. The maximum absolute atomic E-state index is 12.6. The summed E-state index contributed by atoms with van der Waals surface area (Å²) < 4.78 is 5.68. The number of para-hydroxylation sites is 2. The number of carbonyl (C=O) groups excluding carboxylic acids is 1. The summed E-state index contributed by atoms with van der Waals surface area (Å²) in [6, 6.07) is 14.9. The van der Waals surface area contributed by atoms with Gasteiger partial charge in [-0.3, -0.25) is 4.79 Å². The fourth-order valence-electron chi connectivity index (χ4n) is 2.41. The molecule has 1 amide bonds. The molecule has 2 aromatic carbocycles. The van der Waals surface area contributed by atoms with Crippen LogP contribution in [0.5, 0.6) is 5.75 Å². The number of fused-ring (bicyclic) bond motifs is 1. The zero-order valence-corrected chi connectivity index (χ0v) is 13.3. The van der Waals surface area contributed by atoms with E-state index in [9.17, 15) is 4.79 Å². The van der Waals surface area contributed by atoms with Crippen molar-refractivity contribution in [1.82, 2.24) is 4.98 Å². The third-order valence-corrected chi connectivity index (χ3v) is 3.78. The van der Waals surface area contributed by atoms with Crippen LogP contribution in [0, 0.1) is 0 Å². The number of nitrogens with one attached hydrogen (secondary N) is 2. The highest BCUT2D eigenvalue weighted by Crippen LogP contribution is 2.26. The van der Waals surface area contributed by atoms with Crippen molar-refractivity contribution in [2.24, 2.45) is 0 Å². The first-order valence-corrected chi connectivity index (χ1v) is 7.98. The van der Waals surface area contributed by atoms with E-state index in [1.807, 2.05) is 54.7 Å². The third kappa shape index (κ3) is 3.48. The van der Waals surface area contributed by atoms with Gasteiger partial charge in [0, 0.05) is 28.5 Å². The molecule has 0 radical (unpaired) electrons. The van der Waals surface area contributed by atoms with Crippen LogP contribution in [0.3, 0.4) is 0 Å². The summed E-state index contributed by atoms with van der Waals surface area (Å²) in [5, 5.41) is 3.82. The van der Waals surface area contributed by atoms with E-state index in [2.05, 4.69) is 10.3 Å². The van der Waals surface area contributed by atoms with Crippen molar-refractivity contribution in [3.8, 4) is 5.75 Å². The Morgan fingerprint density at radius 2 is 2.00 bits per heavy atom. The second-order valence-electron chi connectivity index (χ2n) is 5.09. The average molecular weight is 329 g/mol. The number of aromatic nitrogens is 1. The fourth-order valence-corrected chi connectivity index (χ4v) is 2.51. The van der Waals surface area contributed by atoms with E-state index in [-0.39, 0.29) is 5.91 Å². The van der Waals surface area contributed by atoms with Crippen molar-refractivity contribution in [2.75, 3.05) is 17.8 Å². The molecule has 0 aliphatic rings. The number of amides is 1. The molecule has 0 fully saturated rings. The predicted octanol–water partition coefficient (Wildman–Crippen LogP) is 4.43. The summed E-state index contributed by atoms with van der Waals surface area (Å²) in [4.78, 5) is 15.7. The number of benzene rings is 2. The van der Waals surface area contributed by atoms with Gasteiger partial charge < -0.3 is 15.0 Å². The zero-order valence-electron chi connectivity index (χ0n) is 12.5. The maximum atomic E-state index is 12.6. The summed E-state index contributed by atoms with van der Waals surface area (Å²) >= 11 is 5.66. The number of hydrogen-bond acceptors (Lipinski definition) is 2. The Morgan fingerprint density at radius 1 is 1.13 bits per heavy atom. The number of aromatic amines is 1. The van der Waals surface area contributed by atoms with Gasteiger partial charge >= 0.3 is 0 Å². The summed E-state index contributed by atoms with van der Waals surface area (Å²) in [7, 11) is 0. The molecule has 0 spiro atoms. The number of carbonyl (C=O) groups is 1. The molecule has 0 saturated heterocycles. The maximum Gasteiger partial charge on any atom is 0.256 e. The van der Waals surface area contributed by atoms with E-state index in [0.29, 0.717) is 29.5 Å².